The Morgan fingerprint density at radius 1 is 1.21 bits per heavy atom. The second kappa shape index (κ2) is 8.47. The first-order valence-electron chi connectivity index (χ1n) is 9.94. The Hall–Kier alpha value is -1.87. The second-order valence-electron chi connectivity index (χ2n) is 8.02. The maximum atomic E-state index is 13.1. The van der Waals surface area contributed by atoms with Crippen LogP contribution in [0.25, 0.3) is 0 Å². The monoisotopic (exact) mass is 416 g/mol. The van der Waals surface area contributed by atoms with Crippen LogP contribution >= 0.6 is 0 Å². The highest BCUT2D eigenvalue weighted by atomic mass is 19.4. The number of alkyl halides is 3. The Morgan fingerprint density at radius 3 is 2.52 bits per heavy atom. The Morgan fingerprint density at radius 2 is 1.93 bits per heavy atom. The van der Waals surface area contributed by atoms with Crippen LogP contribution < -0.4 is 9.64 Å². The maximum absolute atomic E-state index is 13.1. The van der Waals surface area contributed by atoms with E-state index in [1.165, 1.54) is 12.3 Å². The molecule has 162 valence electrons. The van der Waals surface area contributed by atoms with Crippen LogP contribution in [0, 0.1) is 5.41 Å². The van der Waals surface area contributed by atoms with Crippen molar-refractivity contribution in [2.45, 2.75) is 57.2 Å². The molecule has 2 heterocycles. The number of carbonyl (C=O) groups excluding carboxylic acids is 1. The zero-order valence-electron chi connectivity index (χ0n) is 16.5. The van der Waals surface area contributed by atoms with E-state index in [0.717, 1.165) is 6.42 Å². The van der Waals surface area contributed by atoms with Gasteiger partial charge in [-0.3, -0.25) is 4.79 Å². The van der Waals surface area contributed by atoms with Gasteiger partial charge in [0.05, 0.1) is 29.5 Å². The zero-order valence-corrected chi connectivity index (χ0v) is 16.5. The van der Waals surface area contributed by atoms with Crippen LogP contribution in [0.4, 0.5) is 18.9 Å². The van der Waals surface area contributed by atoms with Gasteiger partial charge in [-0.2, -0.15) is 13.2 Å². The molecule has 1 aromatic rings. The number of nitrogens with zero attached hydrogens (tertiary/aromatic N) is 2. The number of amides is 1. The lowest BCUT2D eigenvalue weighted by molar-refractivity contribution is -0.154. The lowest BCUT2D eigenvalue weighted by atomic mass is 9.68. The molecule has 1 aliphatic carbocycles. The molecule has 2 aliphatic rings. The summed E-state index contributed by atoms with van der Waals surface area (Å²) in [6, 6.07) is 2.89. The molecular formula is C20H27F3N2O4. The number of pyridine rings is 1. The Balaban J connectivity index is 1.59. The molecule has 0 atom stereocenters. The van der Waals surface area contributed by atoms with Gasteiger partial charge in [0.15, 0.2) is 6.61 Å². The number of carbonyl (C=O) groups is 1. The van der Waals surface area contributed by atoms with Crippen molar-refractivity contribution in [2.75, 3.05) is 31.3 Å². The second-order valence-corrected chi connectivity index (χ2v) is 8.02. The number of hydrogen-bond acceptors (Lipinski definition) is 5. The van der Waals surface area contributed by atoms with Gasteiger partial charge in [0, 0.05) is 19.2 Å². The van der Waals surface area contributed by atoms with Crippen molar-refractivity contribution in [3.63, 3.8) is 0 Å². The first kappa shape index (κ1) is 21.8. The summed E-state index contributed by atoms with van der Waals surface area (Å²) in [5, 5.41) is 10.7. The smallest absolute Gasteiger partial charge is 0.422 e. The highest BCUT2D eigenvalue weighted by Gasteiger charge is 2.51. The van der Waals surface area contributed by atoms with Crippen molar-refractivity contribution < 1.29 is 32.5 Å². The molecule has 1 N–H and O–H groups in total. The number of aliphatic hydroxyl groups is 1. The van der Waals surface area contributed by atoms with Crippen LogP contribution in [0.1, 0.15) is 45.4 Å². The summed E-state index contributed by atoms with van der Waals surface area (Å²) in [6.45, 7) is 2.02. The van der Waals surface area contributed by atoms with Crippen molar-refractivity contribution in [3.8, 4) is 5.88 Å². The largest absolute Gasteiger partial charge is 0.468 e. The number of anilines is 1. The molecule has 9 heteroatoms. The molecule has 2 fully saturated rings. The molecule has 29 heavy (non-hydrogen) atoms. The van der Waals surface area contributed by atoms with Gasteiger partial charge in [-0.15, -0.1) is 0 Å². The molecule has 3 rings (SSSR count). The highest BCUT2D eigenvalue weighted by molar-refractivity contribution is 5.99. The third-order valence-corrected chi connectivity index (χ3v) is 5.79. The average Bonchev–Trinajstić information content (AvgIpc) is 3.00. The van der Waals surface area contributed by atoms with Gasteiger partial charge in [-0.25, -0.2) is 4.98 Å². The molecule has 1 aromatic heterocycles. The zero-order chi connectivity index (χ0) is 21.1. The summed E-state index contributed by atoms with van der Waals surface area (Å²) in [5.74, 6) is -0.151. The lowest BCUT2D eigenvalue weighted by Crippen LogP contribution is -2.45. The van der Waals surface area contributed by atoms with Crippen molar-refractivity contribution >= 4 is 11.6 Å². The summed E-state index contributed by atoms with van der Waals surface area (Å²) in [5.41, 5.74) is -0.839. The Bertz CT molecular complexity index is 701. The molecule has 1 aliphatic heterocycles. The molecule has 1 amide bonds. The van der Waals surface area contributed by atoms with Crippen LogP contribution in [0.3, 0.4) is 0 Å². The van der Waals surface area contributed by atoms with E-state index in [1.54, 1.807) is 11.0 Å². The molecule has 0 unspecified atom stereocenters. The van der Waals surface area contributed by atoms with E-state index in [2.05, 4.69) is 9.72 Å². The topological polar surface area (TPSA) is 71.9 Å². The summed E-state index contributed by atoms with van der Waals surface area (Å²) < 4.78 is 46.8. The third kappa shape index (κ3) is 5.19. The predicted molar refractivity (Wildman–Crippen MR) is 99.7 cm³/mol. The number of rotatable bonds is 7. The van der Waals surface area contributed by atoms with E-state index in [-0.39, 0.29) is 18.4 Å². The van der Waals surface area contributed by atoms with Crippen molar-refractivity contribution in [2.24, 2.45) is 5.41 Å². The van der Waals surface area contributed by atoms with Crippen molar-refractivity contribution in [1.29, 1.82) is 0 Å². The third-order valence-electron chi connectivity index (χ3n) is 5.79. The van der Waals surface area contributed by atoms with Crippen molar-refractivity contribution in [3.05, 3.63) is 18.3 Å². The van der Waals surface area contributed by atoms with Gasteiger partial charge in [0.1, 0.15) is 0 Å². The summed E-state index contributed by atoms with van der Waals surface area (Å²) in [6.07, 6.45) is 0.717. The molecule has 1 saturated carbocycles. The summed E-state index contributed by atoms with van der Waals surface area (Å²) in [4.78, 5) is 18.6. The van der Waals surface area contributed by atoms with E-state index in [4.69, 9.17) is 4.74 Å². The van der Waals surface area contributed by atoms with Crippen molar-refractivity contribution in [1.82, 2.24) is 4.98 Å². The van der Waals surface area contributed by atoms with Crippen LogP contribution in [0.15, 0.2) is 18.3 Å². The fraction of sp³-hybridized carbons (Fsp3) is 0.700. The minimum atomic E-state index is -4.43. The van der Waals surface area contributed by atoms with Gasteiger partial charge >= 0.3 is 6.18 Å². The lowest BCUT2D eigenvalue weighted by Gasteiger charge is -2.40. The minimum Gasteiger partial charge on any atom is -0.468 e. The molecule has 1 saturated heterocycles. The highest BCUT2D eigenvalue weighted by Crippen LogP contribution is 2.48. The summed E-state index contributed by atoms with van der Waals surface area (Å²) >= 11 is 0. The number of ether oxygens (including phenoxy) is 2. The normalized spacial score (nSPS) is 27.6. The van der Waals surface area contributed by atoms with Crippen LogP contribution in [0.2, 0.25) is 0 Å². The average molecular weight is 416 g/mol. The molecule has 0 bridgehead atoms. The molecule has 0 radical (unpaired) electrons. The maximum Gasteiger partial charge on any atom is 0.422 e. The molecular weight excluding hydrogens is 389 g/mol. The molecule has 1 spiro atoms. The van der Waals surface area contributed by atoms with Gasteiger partial charge in [-0.1, -0.05) is 6.92 Å². The minimum absolute atomic E-state index is 0.0141. The first-order chi connectivity index (χ1) is 13.7. The van der Waals surface area contributed by atoms with Gasteiger partial charge in [0.2, 0.25) is 11.8 Å². The predicted octanol–water partition coefficient (Wildman–Crippen LogP) is 3.48. The SMILES string of the molecule is CCCOC[C@]1(O)CC[C@@]2(CCN(c3ccc(OCC(F)(F)F)nc3)C2=O)CC1. The summed E-state index contributed by atoms with van der Waals surface area (Å²) in [7, 11) is 0. The quantitative estimate of drug-likeness (QED) is 0.689. The van der Waals surface area contributed by atoms with Crippen LogP contribution in [-0.4, -0.2) is 54.1 Å². The number of aromatic nitrogens is 1. The fourth-order valence-electron chi connectivity index (χ4n) is 4.05. The first-order valence-corrected chi connectivity index (χ1v) is 9.94. The standard InChI is InChI=1S/C20H27F3N2O4/c1-2-11-28-13-19(27)7-5-18(6-8-19)9-10-25(17(18)26)15-3-4-16(24-12-15)29-14-20(21,22)23/h3-4,12,27H,2,5-11,13-14H2,1H3/t18-,19-. The van der Waals surface area contributed by atoms with Gasteiger partial charge in [-0.05, 0) is 44.6 Å². The number of halogens is 3. The molecule has 0 aromatic carbocycles. The van der Waals surface area contributed by atoms with Crippen LogP contribution in [-0.2, 0) is 9.53 Å². The van der Waals surface area contributed by atoms with E-state index >= 15 is 0 Å². The van der Waals surface area contributed by atoms with E-state index in [9.17, 15) is 23.1 Å². The molecule has 6 nitrogen and oxygen atoms in total. The Labute approximate surface area is 168 Å². The van der Waals surface area contributed by atoms with E-state index < -0.39 is 23.8 Å². The van der Waals surface area contributed by atoms with E-state index in [0.29, 0.717) is 50.9 Å². The fourth-order valence-corrected chi connectivity index (χ4v) is 4.05. The Kier molecular flexibility index (Phi) is 6.38. The van der Waals surface area contributed by atoms with E-state index in [1.807, 2.05) is 6.92 Å². The van der Waals surface area contributed by atoms with Crippen LogP contribution in [0.5, 0.6) is 5.88 Å². The van der Waals surface area contributed by atoms with Gasteiger partial charge < -0.3 is 19.5 Å². The van der Waals surface area contributed by atoms with Gasteiger partial charge in [0.25, 0.3) is 0 Å². The number of hydrogen-bond donors (Lipinski definition) is 1.